The Morgan fingerprint density at radius 2 is 1.95 bits per heavy atom. The first-order valence-corrected chi connectivity index (χ1v) is 5.96. The van der Waals surface area contributed by atoms with Crippen LogP contribution in [-0.4, -0.2) is 5.11 Å². The van der Waals surface area contributed by atoms with Gasteiger partial charge in [0.2, 0.25) is 0 Å². The van der Waals surface area contributed by atoms with Crippen LogP contribution >= 0.6 is 0 Å². The zero-order valence-electron chi connectivity index (χ0n) is 10.7. The monoisotopic (exact) mass is 274 g/mol. The van der Waals surface area contributed by atoms with Gasteiger partial charge >= 0.3 is 0 Å². The van der Waals surface area contributed by atoms with E-state index in [2.05, 4.69) is 5.32 Å². The van der Waals surface area contributed by atoms with E-state index in [1.54, 1.807) is 19.1 Å². The fourth-order valence-corrected chi connectivity index (χ4v) is 1.94. The highest BCUT2D eigenvalue weighted by atomic mass is 19.1. The Labute approximate surface area is 115 Å². The minimum absolute atomic E-state index is 0.112. The average molecular weight is 274 g/mol. The molecule has 0 aliphatic heterocycles. The second-order valence-electron chi connectivity index (χ2n) is 4.35. The molecule has 20 heavy (non-hydrogen) atoms. The van der Waals surface area contributed by atoms with Crippen molar-refractivity contribution in [2.75, 3.05) is 5.32 Å². The molecule has 0 fully saturated rings. The van der Waals surface area contributed by atoms with Crippen LogP contribution in [0.2, 0.25) is 0 Å². The summed E-state index contributed by atoms with van der Waals surface area (Å²) in [6.45, 7) is 1.68. The molecule has 2 N–H and O–H groups in total. The molecule has 5 heteroatoms. The van der Waals surface area contributed by atoms with Crippen LogP contribution in [0.4, 0.5) is 14.5 Å². The van der Waals surface area contributed by atoms with Gasteiger partial charge in [-0.3, -0.25) is 0 Å². The number of aromatic hydroxyl groups is 1. The molecule has 0 heterocycles. The SMILES string of the molecule is CC(Nc1cccc(F)c1C#N)c1ccc(O)cc1F. The molecule has 0 aromatic heterocycles. The minimum Gasteiger partial charge on any atom is -0.508 e. The lowest BCUT2D eigenvalue weighted by Gasteiger charge is -2.17. The number of halogens is 2. The van der Waals surface area contributed by atoms with Gasteiger partial charge in [-0.25, -0.2) is 8.78 Å². The standard InChI is InChI=1S/C15H12F2N2O/c1-9(11-6-5-10(20)7-14(11)17)19-15-4-2-3-13(16)12(15)8-18/h2-7,9,19-20H,1H3. The van der Waals surface area contributed by atoms with Crippen LogP contribution in [0.15, 0.2) is 36.4 Å². The van der Waals surface area contributed by atoms with Crippen molar-refractivity contribution in [3.63, 3.8) is 0 Å². The summed E-state index contributed by atoms with van der Waals surface area (Å²) in [6, 6.07) is 9.31. The Morgan fingerprint density at radius 1 is 1.20 bits per heavy atom. The third kappa shape index (κ3) is 2.69. The molecule has 0 aliphatic rings. The number of benzene rings is 2. The molecular formula is C15H12F2N2O. The maximum Gasteiger partial charge on any atom is 0.143 e. The highest BCUT2D eigenvalue weighted by Crippen LogP contribution is 2.26. The lowest BCUT2D eigenvalue weighted by molar-refractivity contribution is 0.467. The first-order chi connectivity index (χ1) is 9.52. The molecule has 2 aromatic carbocycles. The van der Waals surface area contributed by atoms with E-state index in [4.69, 9.17) is 5.26 Å². The topological polar surface area (TPSA) is 56.0 Å². The van der Waals surface area contributed by atoms with Gasteiger partial charge in [-0.15, -0.1) is 0 Å². The molecule has 1 atom stereocenters. The van der Waals surface area contributed by atoms with E-state index in [0.717, 1.165) is 6.07 Å². The molecule has 0 saturated heterocycles. The number of hydrogen-bond acceptors (Lipinski definition) is 3. The minimum atomic E-state index is -0.629. The summed E-state index contributed by atoms with van der Waals surface area (Å²) in [7, 11) is 0. The van der Waals surface area contributed by atoms with Gasteiger partial charge in [-0.2, -0.15) is 5.26 Å². The van der Waals surface area contributed by atoms with E-state index in [9.17, 15) is 13.9 Å². The van der Waals surface area contributed by atoms with Gasteiger partial charge in [0.15, 0.2) is 0 Å². The van der Waals surface area contributed by atoms with Crippen molar-refractivity contribution in [2.24, 2.45) is 0 Å². The fourth-order valence-electron chi connectivity index (χ4n) is 1.94. The molecule has 0 saturated carbocycles. The van der Waals surface area contributed by atoms with E-state index >= 15 is 0 Å². The van der Waals surface area contributed by atoms with Gasteiger partial charge in [0.25, 0.3) is 0 Å². The van der Waals surface area contributed by atoms with Gasteiger partial charge in [0.05, 0.1) is 11.7 Å². The second-order valence-corrected chi connectivity index (χ2v) is 4.35. The molecule has 0 spiro atoms. The predicted molar refractivity (Wildman–Crippen MR) is 71.2 cm³/mol. The molecule has 0 radical (unpaired) electrons. The van der Waals surface area contributed by atoms with Crippen molar-refractivity contribution >= 4 is 5.69 Å². The molecular weight excluding hydrogens is 262 g/mol. The first-order valence-electron chi connectivity index (χ1n) is 5.96. The van der Waals surface area contributed by atoms with E-state index in [0.29, 0.717) is 11.3 Å². The number of phenolic OH excluding ortho intramolecular Hbond substituents is 1. The van der Waals surface area contributed by atoms with Gasteiger partial charge in [0, 0.05) is 11.6 Å². The third-order valence-corrected chi connectivity index (χ3v) is 2.95. The molecule has 0 bridgehead atoms. The highest BCUT2D eigenvalue weighted by molar-refractivity contribution is 5.59. The maximum atomic E-state index is 13.7. The summed E-state index contributed by atoms with van der Waals surface area (Å²) in [5.41, 5.74) is 0.502. The molecule has 0 aliphatic carbocycles. The van der Waals surface area contributed by atoms with Crippen LogP contribution in [0.1, 0.15) is 24.1 Å². The number of rotatable bonds is 3. The van der Waals surface area contributed by atoms with Crippen molar-refractivity contribution in [3.05, 3.63) is 59.2 Å². The molecule has 0 amide bonds. The quantitative estimate of drug-likeness (QED) is 0.897. The molecule has 3 nitrogen and oxygen atoms in total. The van der Waals surface area contributed by atoms with Gasteiger partial charge in [-0.1, -0.05) is 12.1 Å². The lowest BCUT2D eigenvalue weighted by atomic mass is 10.1. The Hall–Kier alpha value is -2.61. The van der Waals surface area contributed by atoms with E-state index in [-0.39, 0.29) is 11.3 Å². The van der Waals surface area contributed by atoms with Crippen LogP contribution in [0, 0.1) is 23.0 Å². The third-order valence-electron chi connectivity index (χ3n) is 2.95. The van der Waals surface area contributed by atoms with Crippen LogP contribution in [0.3, 0.4) is 0 Å². The Bertz CT molecular complexity index is 680. The molecule has 102 valence electrons. The summed E-state index contributed by atoms with van der Waals surface area (Å²) in [5.74, 6) is -1.36. The van der Waals surface area contributed by atoms with Crippen LogP contribution in [0.5, 0.6) is 5.75 Å². The molecule has 2 aromatic rings. The normalized spacial score (nSPS) is 11.7. The van der Waals surface area contributed by atoms with Crippen LogP contribution in [0.25, 0.3) is 0 Å². The van der Waals surface area contributed by atoms with Gasteiger partial charge < -0.3 is 10.4 Å². The van der Waals surface area contributed by atoms with Crippen LogP contribution < -0.4 is 5.32 Å². The summed E-state index contributed by atoms with van der Waals surface area (Å²) >= 11 is 0. The van der Waals surface area contributed by atoms with Crippen molar-refractivity contribution in [1.29, 1.82) is 5.26 Å². The number of anilines is 1. The average Bonchev–Trinajstić information content (AvgIpc) is 2.38. The zero-order valence-corrected chi connectivity index (χ0v) is 10.7. The number of nitriles is 1. The van der Waals surface area contributed by atoms with E-state index < -0.39 is 17.7 Å². The van der Waals surface area contributed by atoms with Crippen LogP contribution in [-0.2, 0) is 0 Å². The largest absolute Gasteiger partial charge is 0.508 e. The van der Waals surface area contributed by atoms with Gasteiger partial charge in [0.1, 0.15) is 29.0 Å². The second kappa shape index (κ2) is 5.57. The maximum absolute atomic E-state index is 13.7. The highest BCUT2D eigenvalue weighted by Gasteiger charge is 2.14. The van der Waals surface area contributed by atoms with Crippen molar-refractivity contribution in [1.82, 2.24) is 0 Å². The summed E-state index contributed by atoms with van der Waals surface area (Å²) in [5, 5.41) is 21.0. The van der Waals surface area contributed by atoms with Crippen molar-refractivity contribution in [3.8, 4) is 11.8 Å². The molecule has 2 rings (SSSR count). The fraction of sp³-hybridized carbons (Fsp3) is 0.133. The van der Waals surface area contributed by atoms with Gasteiger partial charge in [-0.05, 0) is 25.1 Å². The first kappa shape index (κ1) is 13.8. The Kier molecular flexibility index (Phi) is 3.85. The smallest absolute Gasteiger partial charge is 0.143 e. The number of nitrogens with zero attached hydrogens (tertiary/aromatic N) is 1. The zero-order chi connectivity index (χ0) is 14.7. The predicted octanol–water partition coefficient (Wildman–Crippen LogP) is 3.72. The number of phenols is 1. The van der Waals surface area contributed by atoms with Crippen molar-refractivity contribution < 1.29 is 13.9 Å². The number of hydrogen-bond donors (Lipinski definition) is 2. The Balaban J connectivity index is 2.31. The lowest BCUT2D eigenvalue weighted by Crippen LogP contribution is -2.10. The Morgan fingerprint density at radius 3 is 2.60 bits per heavy atom. The van der Waals surface area contributed by atoms with E-state index in [1.165, 1.54) is 24.3 Å². The molecule has 1 unspecified atom stereocenters. The summed E-state index contributed by atoms with van der Waals surface area (Å²) < 4.78 is 27.2. The van der Waals surface area contributed by atoms with E-state index in [1.807, 2.05) is 0 Å². The summed E-state index contributed by atoms with van der Waals surface area (Å²) in [6.07, 6.45) is 0. The summed E-state index contributed by atoms with van der Waals surface area (Å²) in [4.78, 5) is 0. The van der Waals surface area contributed by atoms with Crippen molar-refractivity contribution in [2.45, 2.75) is 13.0 Å². The number of nitrogens with one attached hydrogen (secondary N) is 1.